The van der Waals surface area contributed by atoms with Gasteiger partial charge >= 0.3 is 0 Å². The highest BCUT2D eigenvalue weighted by Gasteiger charge is 2.32. The Hall–Kier alpha value is -4.95. The van der Waals surface area contributed by atoms with E-state index in [1.807, 2.05) is 44.2 Å². The molecule has 8 heteroatoms. The fraction of sp³-hybridized carbons (Fsp3) is 0.115. The second-order valence-electron chi connectivity index (χ2n) is 7.85. The van der Waals surface area contributed by atoms with Crippen LogP contribution in [0.3, 0.4) is 0 Å². The highest BCUT2D eigenvalue weighted by Crippen LogP contribution is 2.42. The highest BCUT2D eigenvalue weighted by atomic mass is 16.6. The summed E-state index contributed by atoms with van der Waals surface area (Å²) < 4.78 is 5.79. The maximum Gasteiger partial charge on any atom is 0.289 e. The maximum atomic E-state index is 10.8. The molecule has 2 aromatic carbocycles. The van der Waals surface area contributed by atoms with Crippen LogP contribution in [0.2, 0.25) is 0 Å². The number of rotatable bonds is 5. The van der Waals surface area contributed by atoms with Gasteiger partial charge in [0.2, 0.25) is 0 Å². The molecule has 1 aliphatic carbocycles. The van der Waals surface area contributed by atoms with E-state index in [-0.39, 0.29) is 18.1 Å². The summed E-state index contributed by atoms with van der Waals surface area (Å²) in [6.45, 7) is 3.99. The van der Waals surface area contributed by atoms with Gasteiger partial charge in [-0.15, -0.1) is 0 Å². The number of ether oxygens (including phenoxy) is 1. The van der Waals surface area contributed by atoms with Crippen LogP contribution in [-0.4, -0.2) is 4.92 Å². The average molecular weight is 450 g/mol. The molecule has 0 radical (unpaired) electrons. The van der Waals surface area contributed by atoms with E-state index in [1.54, 1.807) is 12.1 Å². The first kappa shape index (κ1) is 22.3. The number of pyridine rings is 1. The standard InChI is InChI=1S/C26H19N5O3/c1-15-21(24-16(2)23(13-28)26(29)30-25(24)22(15)12-27)11-17-5-9-20(10-6-17)34-14-18-3-7-19(8-4-18)31(32)33/h3-11H,14H2,1-2H3,(H2,29,30)/p+1. The predicted molar refractivity (Wildman–Crippen MR) is 127 cm³/mol. The van der Waals surface area contributed by atoms with E-state index in [2.05, 4.69) is 17.1 Å². The van der Waals surface area contributed by atoms with Crippen molar-refractivity contribution in [3.8, 4) is 17.9 Å². The molecule has 1 heterocycles. The van der Waals surface area contributed by atoms with Crippen LogP contribution in [0.5, 0.6) is 5.75 Å². The van der Waals surface area contributed by atoms with E-state index in [9.17, 15) is 20.6 Å². The molecule has 1 aliphatic rings. The summed E-state index contributed by atoms with van der Waals surface area (Å²) in [5.74, 6) is 0.899. The van der Waals surface area contributed by atoms with Crippen molar-refractivity contribution in [1.82, 2.24) is 0 Å². The van der Waals surface area contributed by atoms with Gasteiger partial charge in [-0.2, -0.15) is 10.5 Å². The number of allylic oxidation sites excluding steroid dienone is 3. The molecule has 0 aliphatic heterocycles. The number of fused-ring (bicyclic) bond motifs is 1. The van der Waals surface area contributed by atoms with E-state index in [1.165, 1.54) is 12.1 Å². The van der Waals surface area contributed by atoms with Crippen LogP contribution in [0.4, 0.5) is 11.5 Å². The molecule has 0 amide bonds. The number of aromatic nitrogens is 1. The number of non-ortho nitro benzene ring substituents is 1. The smallest absolute Gasteiger partial charge is 0.289 e. The van der Waals surface area contributed by atoms with Gasteiger partial charge < -0.3 is 4.74 Å². The molecular weight excluding hydrogens is 430 g/mol. The summed E-state index contributed by atoms with van der Waals surface area (Å²) in [5, 5.41) is 30.0. The number of hydrogen-bond acceptors (Lipinski definition) is 6. The van der Waals surface area contributed by atoms with Crippen molar-refractivity contribution in [2.45, 2.75) is 20.5 Å². The van der Waals surface area contributed by atoms with E-state index in [0.29, 0.717) is 22.6 Å². The molecule has 3 aromatic rings. The van der Waals surface area contributed by atoms with Gasteiger partial charge in [-0.3, -0.25) is 15.8 Å². The quantitative estimate of drug-likeness (QED) is 0.445. The average Bonchev–Trinajstić information content (AvgIpc) is 3.09. The Kier molecular flexibility index (Phi) is 5.82. The van der Waals surface area contributed by atoms with Gasteiger partial charge in [0.1, 0.15) is 35.6 Å². The molecule has 8 nitrogen and oxygen atoms in total. The monoisotopic (exact) mass is 450 g/mol. The molecule has 34 heavy (non-hydrogen) atoms. The topological polar surface area (TPSA) is 140 Å². The number of nitrogen functional groups attached to an aromatic ring is 1. The third kappa shape index (κ3) is 3.96. The first-order valence-electron chi connectivity index (χ1n) is 10.4. The van der Waals surface area contributed by atoms with Gasteiger partial charge in [0.25, 0.3) is 11.5 Å². The van der Waals surface area contributed by atoms with Crippen molar-refractivity contribution in [2.75, 3.05) is 5.73 Å². The van der Waals surface area contributed by atoms with E-state index in [4.69, 9.17) is 10.5 Å². The minimum absolute atomic E-state index is 0.0379. The Morgan fingerprint density at radius 1 is 1.09 bits per heavy atom. The fourth-order valence-electron chi connectivity index (χ4n) is 3.98. The van der Waals surface area contributed by atoms with Crippen LogP contribution in [0, 0.1) is 39.7 Å². The van der Waals surface area contributed by atoms with Gasteiger partial charge in [-0.05, 0) is 72.0 Å². The Balaban J connectivity index is 1.59. The molecular formula is C26H20N5O3+. The molecule has 0 atom stereocenters. The molecule has 3 N–H and O–H groups in total. The summed E-state index contributed by atoms with van der Waals surface area (Å²) in [7, 11) is 0. The van der Waals surface area contributed by atoms with Crippen LogP contribution in [0.25, 0.3) is 17.2 Å². The molecule has 0 unspecified atom stereocenters. The van der Waals surface area contributed by atoms with Crippen molar-refractivity contribution < 1.29 is 14.6 Å². The second kappa shape index (κ2) is 8.89. The molecule has 0 saturated carbocycles. The number of anilines is 1. The molecule has 4 rings (SSSR count). The molecule has 1 aromatic heterocycles. The zero-order chi connectivity index (χ0) is 24.4. The molecule has 0 bridgehead atoms. The lowest BCUT2D eigenvalue weighted by Crippen LogP contribution is -2.20. The Morgan fingerprint density at radius 2 is 1.76 bits per heavy atom. The summed E-state index contributed by atoms with van der Waals surface area (Å²) in [4.78, 5) is 13.4. The fourth-order valence-corrected chi connectivity index (χ4v) is 3.98. The summed E-state index contributed by atoms with van der Waals surface area (Å²) in [6, 6.07) is 18.1. The van der Waals surface area contributed by atoms with Crippen molar-refractivity contribution in [2.24, 2.45) is 0 Å². The zero-order valence-electron chi connectivity index (χ0n) is 18.5. The first-order valence-corrected chi connectivity index (χ1v) is 10.4. The first-order chi connectivity index (χ1) is 16.3. The lowest BCUT2D eigenvalue weighted by Gasteiger charge is -2.09. The Morgan fingerprint density at radius 3 is 2.35 bits per heavy atom. The largest absolute Gasteiger partial charge is 0.489 e. The lowest BCUT2D eigenvalue weighted by atomic mass is 9.95. The van der Waals surface area contributed by atoms with Gasteiger partial charge in [-0.25, -0.2) is 4.98 Å². The van der Waals surface area contributed by atoms with Crippen LogP contribution in [0.1, 0.15) is 40.4 Å². The molecule has 0 spiro atoms. The van der Waals surface area contributed by atoms with Crippen LogP contribution < -0.4 is 15.5 Å². The van der Waals surface area contributed by atoms with Crippen molar-refractivity contribution in [1.29, 1.82) is 10.5 Å². The number of aromatic amines is 1. The van der Waals surface area contributed by atoms with Crippen LogP contribution in [-0.2, 0) is 6.61 Å². The normalized spacial score (nSPS) is 13.4. The molecule has 166 valence electrons. The molecule has 0 saturated heterocycles. The Bertz CT molecular complexity index is 1450. The number of hydrogen-bond donors (Lipinski definition) is 1. The third-order valence-electron chi connectivity index (χ3n) is 5.79. The van der Waals surface area contributed by atoms with E-state index >= 15 is 0 Å². The summed E-state index contributed by atoms with van der Waals surface area (Å²) >= 11 is 0. The third-order valence-corrected chi connectivity index (χ3v) is 5.79. The van der Waals surface area contributed by atoms with Gasteiger partial charge in [-0.1, -0.05) is 12.1 Å². The van der Waals surface area contributed by atoms with Gasteiger partial charge in [0.15, 0.2) is 5.69 Å². The molecule has 0 fully saturated rings. The maximum absolute atomic E-state index is 10.8. The number of nitro groups is 1. The van der Waals surface area contributed by atoms with E-state index < -0.39 is 4.92 Å². The summed E-state index contributed by atoms with van der Waals surface area (Å²) in [6.07, 6.45) is 1.97. The number of nitrogens with one attached hydrogen (secondary N) is 1. The number of nitro benzene ring substituents is 1. The zero-order valence-corrected chi connectivity index (χ0v) is 18.5. The SMILES string of the molecule is CC1=C(C#N)c2[nH+]c(N)c(C#N)c(C)c2C1=Cc1ccc(OCc2ccc([N+](=O)[O-])cc2)cc1. The lowest BCUT2D eigenvalue weighted by molar-refractivity contribution is -0.384. The van der Waals surface area contributed by atoms with Crippen molar-refractivity contribution in [3.63, 3.8) is 0 Å². The van der Waals surface area contributed by atoms with E-state index in [0.717, 1.165) is 33.4 Å². The van der Waals surface area contributed by atoms with Gasteiger partial charge in [0, 0.05) is 17.7 Å². The predicted octanol–water partition coefficient (Wildman–Crippen LogP) is 4.60. The van der Waals surface area contributed by atoms with Gasteiger partial charge in [0.05, 0.1) is 4.92 Å². The van der Waals surface area contributed by atoms with Crippen molar-refractivity contribution in [3.05, 3.63) is 97.7 Å². The van der Waals surface area contributed by atoms with Crippen LogP contribution in [0.15, 0.2) is 54.1 Å². The van der Waals surface area contributed by atoms with Crippen molar-refractivity contribution >= 4 is 28.7 Å². The second-order valence-corrected chi connectivity index (χ2v) is 7.85. The number of nitrogens with zero attached hydrogens (tertiary/aromatic N) is 3. The number of H-pyrrole nitrogens is 1. The minimum Gasteiger partial charge on any atom is -0.489 e. The highest BCUT2D eigenvalue weighted by molar-refractivity contribution is 6.07. The van der Waals surface area contributed by atoms with Crippen LogP contribution >= 0.6 is 0 Å². The number of nitrogens with two attached hydrogens (primary N) is 1. The number of benzene rings is 2. The Labute approximate surface area is 196 Å². The summed E-state index contributed by atoms with van der Waals surface area (Å²) in [5.41, 5.74) is 12.5. The minimum atomic E-state index is -0.438. The number of nitriles is 2.